The smallest absolute Gasteiger partial charge is 0.120 e. The average Bonchev–Trinajstić information content (AvgIpc) is 2.63. The number of quaternary nitrogens is 1. The van der Waals surface area contributed by atoms with Crippen molar-refractivity contribution >= 4 is 15.9 Å². The normalized spacial score (nSPS) is 17.4. The number of halogens is 1. The molecular weight excluding hydrogens is 290 g/mol. The molecule has 18 heavy (non-hydrogen) atoms. The van der Waals surface area contributed by atoms with Crippen LogP contribution in [-0.2, 0) is 0 Å². The van der Waals surface area contributed by atoms with Crippen molar-refractivity contribution in [2.75, 3.05) is 26.2 Å². The predicted octanol–water partition coefficient (Wildman–Crippen LogP) is 2.68. The molecule has 1 N–H and O–H groups in total. The summed E-state index contributed by atoms with van der Waals surface area (Å²) >= 11 is 3.46. The van der Waals surface area contributed by atoms with Gasteiger partial charge in [-0.25, -0.2) is 0 Å². The summed E-state index contributed by atoms with van der Waals surface area (Å²) in [6.07, 6.45) is 6.82. The van der Waals surface area contributed by atoms with Gasteiger partial charge in [0.05, 0.1) is 26.2 Å². The molecule has 0 aromatic heterocycles. The summed E-state index contributed by atoms with van der Waals surface area (Å²) in [6.45, 7) is 4.81. The van der Waals surface area contributed by atoms with Gasteiger partial charge in [0, 0.05) is 10.9 Å². The maximum absolute atomic E-state index is 5.77. The van der Waals surface area contributed by atoms with Gasteiger partial charge in [0.2, 0.25) is 0 Å². The van der Waals surface area contributed by atoms with Gasteiger partial charge in [-0.15, -0.1) is 0 Å². The molecule has 1 aliphatic heterocycles. The van der Waals surface area contributed by atoms with Crippen molar-refractivity contribution in [1.29, 1.82) is 0 Å². The highest BCUT2D eigenvalue weighted by molar-refractivity contribution is 9.10. The van der Waals surface area contributed by atoms with Gasteiger partial charge in [-0.1, -0.05) is 22.0 Å². The zero-order valence-electron chi connectivity index (χ0n) is 11.0. The van der Waals surface area contributed by atoms with Crippen LogP contribution in [0.1, 0.15) is 32.1 Å². The third kappa shape index (κ3) is 4.99. The number of likely N-dealkylation sites (tertiary alicyclic amines) is 1. The summed E-state index contributed by atoms with van der Waals surface area (Å²) in [5, 5.41) is 0. The molecule has 1 aromatic rings. The Balaban J connectivity index is 1.63. The third-order valence-electron chi connectivity index (χ3n) is 3.55. The fourth-order valence-corrected chi connectivity index (χ4v) is 2.93. The van der Waals surface area contributed by atoms with Crippen molar-refractivity contribution in [2.45, 2.75) is 32.1 Å². The van der Waals surface area contributed by atoms with Crippen molar-refractivity contribution in [3.8, 4) is 5.75 Å². The lowest BCUT2D eigenvalue weighted by molar-refractivity contribution is -0.899. The number of hydrogen-bond donors (Lipinski definition) is 1. The summed E-state index contributed by atoms with van der Waals surface area (Å²) < 4.78 is 6.85. The monoisotopic (exact) mass is 312 g/mol. The van der Waals surface area contributed by atoms with Crippen molar-refractivity contribution in [3.05, 3.63) is 28.7 Å². The van der Waals surface area contributed by atoms with Crippen molar-refractivity contribution in [3.63, 3.8) is 0 Å². The second-order valence-corrected chi connectivity index (χ2v) is 5.99. The summed E-state index contributed by atoms with van der Waals surface area (Å²) in [5.41, 5.74) is 0. The Hall–Kier alpha value is -0.540. The summed E-state index contributed by atoms with van der Waals surface area (Å²) in [5.74, 6) is 0.968. The maximum atomic E-state index is 5.77. The zero-order valence-corrected chi connectivity index (χ0v) is 12.5. The maximum Gasteiger partial charge on any atom is 0.120 e. The predicted molar refractivity (Wildman–Crippen MR) is 78.3 cm³/mol. The Morgan fingerprint density at radius 2 is 1.89 bits per heavy atom. The second-order valence-electron chi connectivity index (χ2n) is 5.07. The van der Waals surface area contributed by atoms with E-state index in [4.69, 9.17) is 4.74 Å². The molecule has 0 unspecified atom stereocenters. The minimum Gasteiger partial charge on any atom is -0.493 e. The van der Waals surface area contributed by atoms with E-state index in [1.165, 1.54) is 45.3 Å². The van der Waals surface area contributed by atoms with Crippen LogP contribution in [0.5, 0.6) is 5.75 Å². The van der Waals surface area contributed by atoms with Crippen LogP contribution in [0.4, 0.5) is 0 Å². The molecule has 0 aliphatic carbocycles. The van der Waals surface area contributed by atoms with Crippen LogP contribution >= 0.6 is 15.9 Å². The van der Waals surface area contributed by atoms with E-state index in [9.17, 15) is 0 Å². The molecule has 0 radical (unpaired) electrons. The average molecular weight is 313 g/mol. The van der Waals surface area contributed by atoms with Gasteiger partial charge in [-0.05, 0) is 43.9 Å². The zero-order chi connectivity index (χ0) is 12.6. The molecule has 1 saturated heterocycles. The van der Waals surface area contributed by atoms with Crippen LogP contribution < -0.4 is 9.64 Å². The molecule has 3 heteroatoms. The highest BCUT2D eigenvalue weighted by atomic mass is 79.9. The Kier molecular flexibility index (Phi) is 6.01. The SMILES string of the molecule is Brc1cccc(OCCC[NH+]2CCCCCC2)c1. The Morgan fingerprint density at radius 3 is 2.61 bits per heavy atom. The van der Waals surface area contributed by atoms with Gasteiger partial charge in [0.25, 0.3) is 0 Å². The van der Waals surface area contributed by atoms with Crippen molar-refractivity contribution in [1.82, 2.24) is 0 Å². The molecule has 100 valence electrons. The fourth-order valence-electron chi connectivity index (χ4n) is 2.55. The number of benzene rings is 1. The van der Waals surface area contributed by atoms with E-state index in [0.29, 0.717) is 0 Å². The van der Waals surface area contributed by atoms with E-state index in [-0.39, 0.29) is 0 Å². The molecule has 0 bridgehead atoms. The summed E-state index contributed by atoms with van der Waals surface area (Å²) in [7, 11) is 0. The first kappa shape index (κ1) is 13.9. The van der Waals surface area contributed by atoms with E-state index < -0.39 is 0 Å². The van der Waals surface area contributed by atoms with Crippen LogP contribution in [0.3, 0.4) is 0 Å². The topological polar surface area (TPSA) is 13.7 Å². The highest BCUT2D eigenvalue weighted by Crippen LogP contribution is 2.17. The molecule has 2 rings (SSSR count). The number of nitrogens with one attached hydrogen (secondary N) is 1. The van der Waals surface area contributed by atoms with Gasteiger partial charge >= 0.3 is 0 Å². The first-order valence-electron chi connectivity index (χ1n) is 7.06. The van der Waals surface area contributed by atoms with Crippen molar-refractivity contribution < 1.29 is 9.64 Å². The fraction of sp³-hybridized carbons (Fsp3) is 0.600. The van der Waals surface area contributed by atoms with E-state index in [1.54, 1.807) is 4.90 Å². The van der Waals surface area contributed by atoms with Crippen LogP contribution in [0, 0.1) is 0 Å². The minimum absolute atomic E-state index is 0.833. The van der Waals surface area contributed by atoms with Crippen LogP contribution in [0.25, 0.3) is 0 Å². The van der Waals surface area contributed by atoms with Gasteiger partial charge in [0.15, 0.2) is 0 Å². The Bertz CT molecular complexity index is 348. The van der Waals surface area contributed by atoms with Gasteiger partial charge in [-0.2, -0.15) is 0 Å². The minimum atomic E-state index is 0.833. The third-order valence-corrected chi connectivity index (χ3v) is 4.04. The lowest BCUT2D eigenvalue weighted by atomic mass is 10.2. The highest BCUT2D eigenvalue weighted by Gasteiger charge is 2.11. The second kappa shape index (κ2) is 7.80. The molecular formula is C15H23BrNO+. The van der Waals surface area contributed by atoms with Gasteiger partial charge < -0.3 is 9.64 Å². The van der Waals surface area contributed by atoms with Gasteiger partial charge in [-0.3, -0.25) is 0 Å². The quantitative estimate of drug-likeness (QED) is 0.825. The Labute approximate surface area is 118 Å². The molecule has 0 saturated carbocycles. The lowest BCUT2D eigenvalue weighted by Crippen LogP contribution is -3.11. The number of hydrogen-bond acceptors (Lipinski definition) is 1. The lowest BCUT2D eigenvalue weighted by Gasteiger charge is -2.16. The summed E-state index contributed by atoms with van der Waals surface area (Å²) in [4.78, 5) is 1.77. The first-order chi connectivity index (χ1) is 8.84. The van der Waals surface area contributed by atoms with Crippen molar-refractivity contribution in [2.24, 2.45) is 0 Å². The first-order valence-corrected chi connectivity index (χ1v) is 7.86. The largest absolute Gasteiger partial charge is 0.493 e. The van der Waals surface area contributed by atoms with Gasteiger partial charge in [0.1, 0.15) is 5.75 Å². The summed E-state index contributed by atoms with van der Waals surface area (Å²) in [6, 6.07) is 8.08. The standard InChI is InChI=1S/C15H22BrNO/c16-14-7-5-8-15(13-14)18-12-6-11-17-9-3-1-2-4-10-17/h5,7-8,13H,1-4,6,9-12H2/p+1. The van der Waals surface area contributed by atoms with Crippen LogP contribution in [0.15, 0.2) is 28.7 Å². The van der Waals surface area contributed by atoms with E-state index in [0.717, 1.165) is 23.2 Å². The molecule has 2 nitrogen and oxygen atoms in total. The molecule has 1 fully saturated rings. The molecule has 0 amide bonds. The van der Waals surface area contributed by atoms with E-state index in [2.05, 4.69) is 15.9 Å². The van der Waals surface area contributed by atoms with Crippen LogP contribution in [-0.4, -0.2) is 26.2 Å². The van der Waals surface area contributed by atoms with Crippen LogP contribution in [0.2, 0.25) is 0 Å². The molecule has 1 aliphatic rings. The van der Waals surface area contributed by atoms with E-state index >= 15 is 0 Å². The number of rotatable bonds is 5. The van der Waals surface area contributed by atoms with E-state index in [1.807, 2.05) is 24.3 Å². The number of ether oxygens (including phenoxy) is 1. The molecule has 1 heterocycles. The molecule has 0 atom stereocenters. The molecule has 1 aromatic carbocycles. The Morgan fingerprint density at radius 1 is 1.11 bits per heavy atom. The molecule has 0 spiro atoms.